The van der Waals surface area contributed by atoms with Crippen LogP contribution in [0, 0.1) is 10.1 Å². The van der Waals surface area contributed by atoms with Gasteiger partial charge in [-0.25, -0.2) is 0 Å². The van der Waals surface area contributed by atoms with Gasteiger partial charge in [0, 0.05) is 16.7 Å². The molecule has 25 heavy (non-hydrogen) atoms. The Kier molecular flexibility index (Phi) is 5.39. The predicted octanol–water partition coefficient (Wildman–Crippen LogP) is 5.07. The van der Waals surface area contributed by atoms with E-state index in [2.05, 4.69) is 10.5 Å². The molecule has 2 rings (SSSR count). The molecule has 0 aromatic heterocycles. The summed E-state index contributed by atoms with van der Waals surface area (Å²) in [6, 6.07) is 4.75. The average molecular weight is 394 g/mol. The zero-order chi connectivity index (χ0) is 18.8. The Morgan fingerprint density at radius 3 is 2.52 bits per heavy atom. The second-order valence-corrected chi connectivity index (χ2v) is 5.53. The Bertz CT molecular complexity index is 857. The highest BCUT2D eigenvalue weighted by molar-refractivity contribution is 6.33. The molecule has 2 N–H and O–H groups in total. The first kappa shape index (κ1) is 18.8. The number of nitrogens with one attached hydrogen (secondary N) is 1. The van der Waals surface area contributed by atoms with Crippen molar-refractivity contribution >= 4 is 40.8 Å². The van der Waals surface area contributed by atoms with Crippen molar-refractivity contribution in [3.05, 3.63) is 61.6 Å². The third-order valence-corrected chi connectivity index (χ3v) is 3.51. The fraction of sp³-hybridized carbons (Fsp3) is 0.0714. The average Bonchev–Trinajstić information content (AvgIpc) is 2.50. The quantitative estimate of drug-likeness (QED) is 0.431. The van der Waals surface area contributed by atoms with Crippen LogP contribution in [0.5, 0.6) is 5.75 Å². The van der Waals surface area contributed by atoms with Crippen molar-refractivity contribution in [3.8, 4) is 5.75 Å². The lowest BCUT2D eigenvalue weighted by Gasteiger charge is -2.09. The first-order valence-electron chi connectivity index (χ1n) is 6.42. The van der Waals surface area contributed by atoms with Crippen LogP contribution < -0.4 is 5.43 Å². The zero-order valence-corrected chi connectivity index (χ0v) is 13.5. The molecule has 0 atom stereocenters. The van der Waals surface area contributed by atoms with Crippen LogP contribution >= 0.6 is 23.2 Å². The molecule has 0 fully saturated rings. The van der Waals surface area contributed by atoms with Crippen LogP contribution in [-0.4, -0.2) is 16.2 Å². The number of aromatic hydroxyl groups is 1. The van der Waals surface area contributed by atoms with Crippen LogP contribution in [0.4, 0.5) is 24.5 Å². The summed E-state index contributed by atoms with van der Waals surface area (Å²) in [4.78, 5) is 9.96. The summed E-state index contributed by atoms with van der Waals surface area (Å²) in [6.45, 7) is 0. The number of benzene rings is 2. The predicted molar refractivity (Wildman–Crippen MR) is 87.4 cm³/mol. The van der Waals surface area contributed by atoms with E-state index in [1.807, 2.05) is 0 Å². The number of phenolic OH excluding ortho intramolecular Hbond substituents is 1. The van der Waals surface area contributed by atoms with Gasteiger partial charge in [0.1, 0.15) is 0 Å². The Balaban J connectivity index is 2.29. The second kappa shape index (κ2) is 7.16. The summed E-state index contributed by atoms with van der Waals surface area (Å²) < 4.78 is 38.0. The van der Waals surface area contributed by atoms with Gasteiger partial charge in [0.15, 0.2) is 0 Å². The summed E-state index contributed by atoms with van der Waals surface area (Å²) in [5.41, 5.74) is 0.478. The number of nitro groups is 1. The highest BCUT2D eigenvalue weighted by atomic mass is 35.5. The van der Waals surface area contributed by atoms with Gasteiger partial charge in [-0.3, -0.25) is 15.5 Å². The van der Waals surface area contributed by atoms with E-state index in [1.54, 1.807) is 0 Å². The first-order chi connectivity index (χ1) is 11.6. The topological polar surface area (TPSA) is 87.8 Å². The summed E-state index contributed by atoms with van der Waals surface area (Å²) in [6.07, 6.45) is -3.60. The summed E-state index contributed by atoms with van der Waals surface area (Å²) >= 11 is 11.5. The van der Waals surface area contributed by atoms with Crippen molar-refractivity contribution < 1.29 is 23.2 Å². The molecule has 132 valence electrons. The molecule has 0 unspecified atom stereocenters. The number of nitro benzene ring substituents is 1. The minimum atomic E-state index is -4.56. The molecular weight excluding hydrogens is 386 g/mol. The highest BCUT2D eigenvalue weighted by Gasteiger charge is 2.30. The highest BCUT2D eigenvalue weighted by Crippen LogP contribution is 2.34. The molecular formula is C14H8Cl2F3N3O3. The van der Waals surface area contributed by atoms with E-state index >= 15 is 0 Å². The van der Waals surface area contributed by atoms with Gasteiger partial charge >= 0.3 is 11.9 Å². The van der Waals surface area contributed by atoms with Gasteiger partial charge < -0.3 is 5.11 Å². The number of halogens is 5. The van der Waals surface area contributed by atoms with Gasteiger partial charge in [0.25, 0.3) is 0 Å². The largest absolute Gasteiger partial charge is 0.502 e. The molecule has 0 amide bonds. The standard InChI is InChI=1S/C14H8Cl2F3N3O3/c15-9-3-7(13(23)12(5-9)22(24)25)6-20-21-11-4-8(14(17,18)19)1-2-10(11)16/h1-6,21,23H. The second-order valence-electron chi connectivity index (χ2n) is 4.68. The number of nitrogens with zero attached hydrogens (tertiary/aromatic N) is 2. The summed E-state index contributed by atoms with van der Waals surface area (Å²) in [7, 11) is 0. The molecule has 11 heteroatoms. The molecule has 0 bridgehead atoms. The van der Waals surface area contributed by atoms with E-state index in [9.17, 15) is 28.4 Å². The summed E-state index contributed by atoms with van der Waals surface area (Å²) in [5, 5.41) is 24.2. The smallest absolute Gasteiger partial charge is 0.416 e. The molecule has 0 saturated heterocycles. The van der Waals surface area contributed by atoms with E-state index in [-0.39, 0.29) is 21.3 Å². The third kappa shape index (κ3) is 4.52. The summed E-state index contributed by atoms with van der Waals surface area (Å²) in [5.74, 6) is -0.685. The number of phenols is 1. The Labute approximate surface area is 148 Å². The fourth-order valence-corrected chi connectivity index (χ4v) is 2.18. The maximum atomic E-state index is 12.7. The molecule has 0 saturated carbocycles. The van der Waals surface area contributed by atoms with Crippen LogP contribution in [0.3, 0.4) is 0 Å². The van der Waals surface area contributed by atoms with Gasteiger partial charge in [-0.15, -0.1) is 0 Å². The number of hydrazone groups is 1. The maximum absolute atomic E-state index is 12.7. The molecule has 2 aromatic rings. The lowest BCUT2D eigenvalue weighted by Crippen LogP contribution is -2.05. The number of rotatable bonds is 4. The van der Waals surface area contributed by atoms with Crippen molar-refractivity contribution in [2.45, 2.75) is 6.18 Å². The number of alkyl halides is 3. The van der Waals surface area contributed by atoms with Gasteiger partial charge in [0.2, 0.25) is 5.75 Å². The third-order valence-electron chi connectivity index (χ3n) is 2.96. The lowest BCUT2D eigenvalue weighted by molar-refractivity contribution is -0.385. The zero-order valence-electron chi connectivity index (χ0n) is 12.0. The van der Waals surface area contributed by atoms with Crippen LogP contribution in [0.2, 0.25) is 10.0 Å². The van der Waals surface area contributed by atoms with Crippen molar-refractivity contribution in [2.24, 2.45) is 5.10 Å². The van der Waals surface area contributed by atoms with Crippen LogP contribution in [0.15, 0.2) is 35.4 Å². The maximum Gasteiger partial charge on any atom is 0.416 e. The monoisotopic (exact) mass is 393 g/mol. The van der Waals surface area contributed by atoms with Crippen LogP contribution in [0.25, 0.3) is 0 Å². The minimum absolute atomic E-state index is 0.0218. The Morgan fingerprint density at radius 2 is 1.92 bits per heavy atom. The SMILES string of the molecule is O=[N+]([O-])c1cc(Cl)cc(C=NNc2cc(C(F)(F)F)ccc2Cl)c1O. The van der Waals surface area contributed by atoms with Crippen molar-refractivity contribution in [1.29, 1.82) is 0 Å². The normalized spacial score (nSPS) is 11.7. The first-order valence-corrected chi connectivity index (χ1v) is 7.18. The van der Waals surface area contributed by atoms with Crippen LogP contribution in [0.1, 0.15) is 11.1 Å². The molecule has 0 aliphatic heterocycles. The number of anilines is 1. The van der Waals surface area contributed by atoms with E-state index < -0.39 is 28.1 Å². The van der Waals surface area contributed by atoms with Gasteiger partial charge in [-0.05, 0) is 24.3 Å². The van der Waals surface area contributed by atoms with Gasteiger partial charge in [-0.2, -0.15) is 18.3 Å². The van der Waals surface area contributed by atoms with E-state index in [0.29, 0.717) is 0 Å². The fourth-order valence-electron chi connectivity index (χ4n) is 1.80. The Morgan fingerprint density at radius 1 is 1.24 bits per heavy atom. The Hall–Kier alpha value is -2.52. The molecule has 0 aliphatic carbocycles. The van der Waals surface area contributed by atoms with Crippen molar-refractivity contribution in [1.82, 2.24) is 0 Å². The molecule has 6 nitrogen and oxygen atoms in total. The van der Waals surface area contributed by atoms with E-state index in [4.69, 9.17) is 23.2 Å². The molecule has 0 spiro atoms. The van der Waals surface area contributed by atoms with Crippen molar-refractivity contribution in [3.63, 3.8) is 0 Å². The van der Waals surface area contributed by atoms with Crippen LogP contribution in [-0.2, 0) is 6.18 Å². The molecule has 0 radical (unpaired) electrons. The lowest BCUT2D eigenvalue weighted by atomic mass is 10.2. The van der Waals surface area contributed by atoms with Crippen molar-refractivity contribution in [2.75, 3.05) is 5.43 Å². The molecule has 0 heterocycles. The van der Waals surface area contributed by atoms with E-state index in [1.165, 1.54) is 6.07 Å². The molecule has 0 aliphatic rings. The van der Waals surface area contributed by atoms with E-state index in [0.717, 1.165) is 30.5 Å². The number of hydrogen-bond acceptors (Lipinski definition) is 5. The van der Waals surface area contributed by atoms with Gasteiger partial charge in [-0.1, -0.05) is 23.2 Å². The van der Waals surface area contributed by atoms with Gasteiger partial charge in [0.05, 0.1) is 27.4 Å². The molecule has 2 aromatic carbocycles. The number of hydrogen-bond donors (Lipinski definition) is 2. The minimum Gasteiger partial charge on any atom is -0.502 e.